The molecular formula is C11H17NO2. The summed E-state index contributed by atoms with van der Waals surface area (Å²) >= 11 is 0. The lowest BCUT2D eigenvalue weighted by atomic mass is 10.0. The summed E-state index contributed by atoms with van der Waals surface area (Å²) in [5.74, 6) is 1.09. The first-order chi connectivity index (χ1) is 6.61. The Morgan fingerprint density at radius 3 is 2.57 bits per heavy atom. The molecule has 1 aromatic carbocycles. The lowest BCUT2D eigenvalue weighted by Gasteiger charge is -2.14. The molecule has 0 fully saturated rings. The van der Waals surface area contributed by atoms with E-state index in [1.54, 1.807) is 7.11 Å². The molecule has 0 spiro atoms. The number of benzene rings is 1. The third-order valence-corrected chi connectivity index (χ3v) is 2.32. The fourth-order valence-corrected chi connectivity index (χ4v) is 1.65. The summed E-state index contributed by atoms with van der Waals surface area (Å²) in [5.41, 5.74) is 2.76. The van der Waals surface area contributed by atoms with Gasteiger partial charge in [0.1, 0.15) is 11.5 Å². The van der Waals surface area contributed by atoms with Crippen LogP contribution >= 0.6 is 0 Å². The Labute approximate surface area is 84.7 Å². The molecule has 78 valence electrons. The Bertz CT molecular complexity index is 335. The monoisotopic (exact) mass is 195 g/mol. The number of nitrogens with one attached hydrogen (secondary N) is 1. The van der Waals surface area contributed by atoms with E-state index in [4.69, 9.17) is 4.74 Å². The van der Waals surface area contributed by atoms with Gasteiger partial charge in [-0.3, -0.25) is 0 Å². The maximum Gasteiger partial charge on any atom is 0.129 e. The molecule has 0 aliphatic heterocycles. The maximum atomic E-state index is 9.71. The number of methoxy groups -OCH3 is 1. The van der Waals surface area contributed by atoms with Crippen LogP contribution in [0.1, 0.15) is 16.7 Å². The molecular weight excluding hydrogens is 178 g/mol. The van der Waals surface area contributed by atoms with Gasteiger partial charge in [0.2, 0.25) is 0 Å². The van der Waals surface area contributed by atoms with Gasteiger partial charge in [0, 0.05) is 17.7 Å². The minimum atomic E-state index is 0.321. The smallest absolute Gasteiger partial charge is 0.129 e. The predicted octanol–water partition coefficient (Wildman–Crippen LogP) is 1.74. The first-order valence-electron chi connectivity index (χ1n) is 4.62. The molecule has 3 heteroatoms. The largest absolute Gasteiger partial charge is 0.507 e. The fourth-order valence-electron chi connectivity index (χ4n) is 1.65. The van der Waals surface area contributed by atoms with E-state index in [1.807, 2.05) is 27.0 Å². The van der Waals surface area contributed by atoms with Crippen molar-refractivity contribution in [2.45, 2.75) is 20.4 Å². The molecule has 0 aliphatic carbocycles. The summed E-state index contributed by atoms with van der Waals surface area (Å²) in [6, 6.07) is 1.94. The Morgan fingerprint density at radius 2 is 2.07 bits per heavy atom. The maximum absolute atomic E-state index is 9.71. The van der Waals surface area contributed by atoms with E-state index in [9.17, 15) is 5.11 Å². The Hall–Kier alpha value is -1.22. The molecule has 14 heavy (non-hydrogen) atoms. The molecule has 0 unspecified atom stereocenters. The van der Waals surface area contributed by atoms with Gasteiger partial charge in [-0.2, -0.15) is 0 Å². The van der Waals surface area contributed by atoms with Crippen molar-refractivity contribution in [3.05, 3.63) is 22.8 Å². The van der Waals surface area contributed by atoms with Crippen molar-refractivity contribution in [2.75, 3.05) is 14.2 Å². The van der Waals surface area contributed by atoms with Crippen LogP contribution in [0.5, 0.6) is 11.5 Å². The highest BCUT2D eigenvalue weighted by atomic mass is 16.5. The number of ether oxygens (including phenoxy) is 1. The third kappa shape index (κ3) is 1.82. The Balaban J connectivity index is 3.28. The van der Waals surface area contributed by atoms with Gasteiger partial charge in [-0.15, -0.1) is 0 Å². The quantitative estimate of drug-likeness (QED) is 0.772. The van der Waals surface area contributed by atoms with E-state index < -0.39 is 0 Å². The SMILES string of the molecule is CNCc1cc(C)c(O)c(C)c1OC. The van der Waals surface area contributed by atoms with Crippen molar-refractivity contribution >= 4 is 0 Å². The fraction of sp³-hybridized carbons (Fsp3) is 0.455. The van der Waals surface area contributed by atoms with E-state index in [0.29, 0.717) is 5.75 Å². The first kappa shape index (κ1) is 10.9. The first-order valence-corrected chi connectivity index (χ1v) is 4.62. The summed E-state index contributed by atoms with van der Waals surface area (Å²) in [7, 11) is 3.51. The average molecular weight is 195 g/mol. The molecule has 1 rings (SSSR count). The van der Waals surface area contributed by atoms with E-state index in [2.05, 4.69) is 5.32 Å². The van der Waals surface area contributed by atoms with Gasteiger partial charge in [0.05, 0.1) is 7.11 Å². The molecule has 0 aromatic heterocycles. The minimum Gasteiger partial charge on any atom is -0.507 e. The van der Waals surface area contributed by atoms with Crippen LogP contribution < -0.4 is 10.1 Å². The summed E-state index contributed by atoms with van der Waals surface area (Å²) in [4.78, 5) is 0. The summed E-state index contributed by atoms with van der Waals surface area (Å²) in [5, 5.41) is 12.8. The molecule has 0 heterocycles. The van der Waals surface area contributed by atoms with Gasteiger partial charge < -0.3 is 15.2 Å². The van der Waals surface area contributed by atoms with Gasteiger partial charge in [0.25, 0.3) is 0 Å². The molecule has 0 atom stereocenters. The van der Waals surface area contributed by atoms with Crippen molar-refractivity contribution in [3.8, 4) is 11.5 Å². The number of aromatic hydroxyl groups is 1. The van der Waals surface area contributed by atoms with Crippen LogP contribution in [0.2, 0.25) is 0 Å². The van der Waals surface area contributed by atoms with Crippen molar-refractivity contribution in [3.63, 3.8) is 0 Å². The van der Waals surface area contributed by atoms with Crippen molar-refractivity contribution < 1.29 is 9.84 Å². The standard InChI is InChI=1S/C11H17NO2/c1-7-5-9(6-12-3)11(14-4)8(2)10(7)13/h5,12-13H,6H2,1-4H3. The molecule has 0 saturated heterocycles. The highest BCUT2D eigenvalue weighted by Gasteiger charge is 2.12. The van der Waals surface area contributed by atoms with Gasteiger partial charge in [0.15, 0.2) is 0 Å². The number of hydrogen-bond acceptors (Lipinski definition) is 3. The summed E-state index contributed by atoms with van der Waals surface area (Å²) < 4.78 is 5.26. The predicted molar refractivity (Wildman–Crippen MR) is 56.9 cm³/mol. The molecule has 0 bridgehead atoms. The molecule has 0 radical (unpaired) electrons. The van der Waals surface area contributed by atoms with Crippen LogP contribution in [-0.2, 0) is 6.54 Å². The van der Waals surface area contributed by atoms with E-state index in [1.165, 1.54) is 0 Å². The van der Waals surface area contributed by atoms with Crippen LogP contribution in [0, 0.1) is 13.8 Å². The van der Waals surface area contributed by atoms with E-state index >= 15 is 0 Å². The van der Waals surface area contributed by atoms with Crippen LogP contribution in [0.3, 0.4) is 0 Å². The Kier molecular flexibility index (Phi) is 3.36. The van der Waals surface area contributed by atoms with E-state index in [-0.39, 0.29) is 0 Å². The van der Waals surface area contributed by atoms with E-state index in [0.717, 1.165) is 29.0 Å². The third-order valence-electron chi connectivity index (χ3n) is 2.32. The summed E-state index contributed by atoms with van der Waals surface area (Å²) in [6.07, 6.45) is 0. The van der Waals surface area contributed by atoms with Crippen LogP contribution in [0.4, 0.5) is 0 Å². The molecule has 0 aliphatic rings. The molecule has 0 saturated carbocycles. The lowest BCUT2D eigenvalue weighted by Crippen LogP contribution is -2.08. The number of phenolic OH excluding ortho intramolecular Hbond substituents is 1. The van der Waals surface area contributed by atoms with Crippen LogP contribution in [0.25, 0.3) is 0 Å². The number of rotatable bonds is 3. The van der Waals surface area contributed by atoms with Crippen molar-refractivity contribution in [1.82, 2.24) is 5.32 Å². The molecule has 1 aromatic rings. The highest BCUT2D eigenvalue weighted by molar-refractivity contribution is 5.52. The second-order valence-corrected chi connectivity index (χ2v) is 3.39. The summed E-state index contributed by atoms with van der Waals surface area (Å²) in [6.45, 7) is 4.49. The van der Waals surface area contributed by atoms with Crippen LogP contribution in [-0.4, -0.2) is 19.3 Å². The number of aryl methyl sites for hydroxylation is 1. The highest BCUT2D eigenvalue weighted by Crippen LogP contribution is 2.33. The second-order valence-electron chi connectivity index (χ2n) is 3.39. The lowest BCUT2D eigenvalue weighted by molar-refractivity contribution is 0.396. The van der Waals surface area contributed by atoms with Crippen LogP contribution in [0.15, 0.2) is 6.07 Å². The topological polar surface area (TPSA) is 41.5 Å². The average Bonchev–Trinajstić information content (AvgIpc) is 2.16. The minimum absolute atomic E-state index is 0.321. The zero-order valence-corrected chi connectivity index (χ0v) is 9.14. The molecule has 0 amide bonds. The Morgan fingerprint density at radius 1 is 1.43 bits per heavy atom. The number of phenols is 1. The number of hydrogen-bond donors (Lipinski definition) is 2. The van der Waals surface area contributed by atoms with Gasteiger partial charge in [-0.25, -0.2) is 0 Å². The zero-order valence-electron chi connectivity index (χ0n) is 9.14. The second kappa shape index (κ2) is 4.33. The van der Waals surface area contributed by atoms with Gasteiger partial charge >= 0.3 is 0 Å². The van der Waals surface area contributed by atoms with Gasteiger partial charge in [-0.05, 0) is 32.5 Å². The molecule has 3 nitrogen and oxygen atoms in total. The zero-order chi connectivity index (χ0) is 10.7. The van der Waals surface area contributed by atoms with Crippen molar-refractivity contribution in [1.29, 1.82) is 0 Å². The normalized spacial score (nSPS) is 10.3. The van der Waals surface area contributed by atoms with Crippen molar-refractivity contribution in [2.24, 2.45) is 0 Å². The van der Waals surface area contributed by atoms with Gasteiger partial charge in [-0.1, -0.05) is 0 Å². The molecule has 2 N–H and O–H groups in total.